The van der Waals surface area contributed by atoms with Crippen LogP contribution in [0.1, 0.15) is 27.2 Å². The Morgan fingerprint density at radius 3 is 2.57 bits per heavy atom. The molecule has 0 aliphatic carbocycles. The predicted molar refractivity (Wildman–Crippen MR) is 59.4 cm³/mol. The van der Waals surface area contributed by atoms with E-state index in [1.807, 2.05) is 13.8 Å². The SMILES string of the molecule is CC(=O)N1C(C)CC(CBr)C(O)C1C. The average Bonchev–Trinajstić information content (AvgIpc) is 2.10. The monoisotopic (exact) mass is 263 g/mol. The lowest BCUT2D eigenvalue weighted by Gasteiger charge is -2.45. The lowest BCUT2D eigenvalue weighted by atomic mass is 9.86. The molecule has 1 N–H and O–H groups in total. The van der Waals surface area contributed by atoms with Gasteiger partial charge < -0.3 is 10.0 Å². The van der Waals surface area contributed by atoms with Crippen LogP contribution < -0.4 is 0 Å². The predicted octanol–water partition coefficient (Wildman–Crippen LogP) is 1.39. The van der Waals surface area contributed by atoms with Crippen molar-refractivity contribution in [2.75, 3.05) is 5.33 Å². The van der Waals surface area contributed by atoms with Gasteiger partial charge in [-0.1, -0.05) is 15.9 Å². The van der Waals surface area contributed by atoms with Gasteiger partial charge in [0.25, 0.3) is 0 Å². The third kappa shape index (κ3) is 2.11. The van der Waals surface area contributed by atoms with E-state index in [1.54, 1.807) is 11.8 Å². The molecule has 0 bridgehead atoms. The van der Waals surface area contributed by atoms with Gasteiger partial charge >= 0.3 is 0 Å². The molecular weight excluding hydrogens is 246 g/mol. The number of aliphatic hydroxyl groups excluding tert-OH is 1. The molecule has 4 heteroatoms. The molecule has 4 unspecified atom stereocenters. The van der Waals surface area contributed by atoms with E-state index in [4.69, 9.17) is 0 Å². The van der Waals surface area contributed by atoms with Gasteiger partial charge in [0.2, 0.25) is 5.91 Å². The van der Waals surface area contributed by atoms with Gasteiger partial charge in [-0.2, -0.15) is 0 Å². The summed E-state index contributed by atoms with van der Waals surface area (Å²) in [5.74, 6) is 0.313. The highest BCUT2D eigenvalue weighted by molar-refractivity contribution is 9.09. The summed E-state index contributed by atoms with van der Waals surface area (Å²) < 4.78 is 0. The Hall–Kier alpha value is -0.0900. The first-order chi connectivity index (χ1) is 6.49. The van der Waals surface area contributed by atoms with Crippen molar-refractivity contribution in [3.8, 4) is 0 Å². The number of carbonyl (C=O) groups is 1. The van der Waals surface area contributed by atoms with E-state index in [1.165, 1.54) is 0 Å². The second-order valence-corrected chi connectivity index (χ2v) is 4.80. The van der Waals surface area contributed by atoms with Crippen LogP contribution in [0, 0.1) is 5.92 Å². The number of amides is 1. The Kier molecular flexibility index (Phi) is 3.95. The lowest BCUT2D eigenvalue weighted by Crippen LogP contribution is -2.56. The van der Waals surface area contributed by atoms with Gasteiger partial charge in [-0.3, -0.25) is 4.79 Å². The number of carbonyl (C=O) groups excluding carboxylic acids is 1. The van der Waals surface area contributed by atoms with Crippen LogP contribution in [0.3, 0.4) is 0 Å². The van der Waals surface area contributed by atoms with Crippen molar-refractivity contribution in [2.24, 2.45) is 5.92 Å². The Morgan fingerprint density at radius 1 is 1.57 bits per heavy atom. The van der Waals surface area contributed by atoms with E-state index in [9.17, 15) is 9.90 Å². The zero-order valence-electron chi connectivity index (χ0n) is 8.90. The Bertz CT molecular complexity index is 222. The molecule has 14 heavy (non-hydrogen) atoms. The molecule has 0 spiro atoms. The van der Waals surface area contributed by atoms with Crippen LogP contribution >= 0.6 is 15.9 Å². The molecule has 1 heterocycles. The summed E-state index contributed by atoms with van der Waals surface area (Å²) in [6, 6.07) is 0.159. The van der Waals surface area contributed by atoms with E-state index in [0.29, 0.717) is 0 Å². The smallest absolute Gasteiger partial charge is 0.220 e. The molecule has 1 aliphatic heterocycles. The number of rotatable bonds is 1. The van der Waals surface area contributed by atoms with Crippen molar-refractivity contribution in [3.05, 3.63) is 0 Å². The molecule has 1 amide bonds. The van der Waals surface area contributed by atoms with Crippen LogP contribution in [-0.2, 0) is 4.79 Å². The van der Waals surface area contributed by atoms with Crippen molar-refractivity contribution < 1.29 is 9.90 Å². The van der Waals surface area contributed by atoms with Gasteiger partial charge in [-0.05, 0) is 26.2 Å². The summed E-state index contributed by atoms with van der Waals surface area (Å²) in [5, 5.41) is 10.8. The fraction of sp³-hybridized carbons (Fsp3) is 0.900. The first kappa shape index (κ1) is 12.0. The first-order valence-electron chi connectivity index (χ1n) is 5.02. The van der Waals surface area contributed by atoms with E-state index >= 15 is 0 Å². The van der Waals surface area contributed by atoms with Crippen molar-refractivity contribution in [2.45, 2.75) is 45.4 Å². The highest BCUT2D eigenvalue weighted by Crippen LogP contribution is 2.29. The summed E-state index contributed by atoms with van der Waals surface area (Å²) in [4.78, 5) is 13.1. The molecule has 1 rings (SSSR count). The third-order valence-corrected chi connectivity index (χ3v) is 3.93. The maximum atomic E-state index is 11.4. The average molecular weight is 264 g/mol. The van der Waals surface area contributed by atoms with Crippen LogP contribution in [0.15, 0.2) is 0 Å². The molecule has 4 atom stereocenters. The number of piperidine rings is 1. The zero-order valence-corrected chi connectivity index (χ0v) is 10.5. The number of hydrogen-bond donors (Lipinski definition) is 1. The van der Waals surface area contributed by atoms with Gasteiger partial charge in [0, 0.05) is 18.3 Å². The number of nitrogens with zero attached hydrogens (tertiary/aromatic N) is 1. The largest absolute Gasteiger partial charge is 0.391 e. The Balaban J connectivity index is 2.79. The molecule has 1 saturated heterocycles. The minimum Gasteiger partial charge on any atom is -0.391 e. The fourth-order valence-corrected chi connectivity index (χ4v) is 3.05. The minimum atomic E-state index is -0.408. The Labute approximate surface area is 93.6 Å². The standard InChI is InChI=1S/C10H18BrNO2/c1-6-4-9(5-11)10(14)7(2)12(6)8(3)13/h6-7,9-10,14H,4-5H2,1-3H3. The van der Waals surface area contributed by atoms with Crippen LogP contribution in [0.25, 0.3) is 0 Å². The van der Waals surface area contributed by atoms with Crippen molar-refractivity contribution in [3.63, 3.8) is 0 Å². The molecule has 0 aromatic heterocycles. The minimum absolute atomic E-state index is 0.0528. The molecule has 0 saturated carbocycles. The van der Waals surface area contributed by atoms with E-state index in [-0.39, 0.29) is 23.9 Å². The molecule has 3 nitrogen and oxygen atoms in total. The second-order valence-electron chi connectivity index (χ2n) is 4.16. The second kappa shape index (κ2) is 4.62. The van der Waals surface area contributed by atoms with E-state index < -0.39 is 6.10 Å². The molecule has 0 aromatic carbocycles. The quantitative estimate of drug-likeness (QED) is 0.727. The molecular formula is C10H18BrNO2. The highest BCUT2D eigenvalue weighted by Gasteiger charge is 2.38. The van der Waals surface area contributed by atoms with Crippen LogP contribution in [0.4, 0.5) is 0 Å². The maximum Gasteiger partial charge on any atom is 0.220 e. The van der Waals surface area contributed by atoms with Gasteiger partial charge in [-0.25, -0.2) is 0 Å². The van der Waals surface area contributed by atoms with Gasteiger partial charge in [0.15, 0.2) is 0 Å². The number of likely N-dealkylation sites (tertiary alicyclic amines) is 1. The maximum absolute atomic E-state index is 11.4. The highest BCUT2D eigenvalue weighted by atomic mass is 79.9. The van der Waals surface area contributed by atoms with Crippen LogP contribution in [-0.4, -0.2) is 39.4 Å². The number of alkyl halides is 1. The van der Waals surface area contributed by atoms with E-state index in [0.717, 1.165) is 11.8 Å². The normalized spacial score (nSPS) is 38.5. The fourth-order valence-electron chi connectivity index (χ4n) is 2.40. The molecule has 1 aliphatic rings. The number of aliphatic hydroxyl groups is 1. The van der Waals surface area contributed by atoms with Crippen LogP contribution in [0.5, 0.6) is 0 Å². The summed E-state index contributed by atoms with van der Waals surface area (Å²) in [6.07, 6.45) is 0.463. The summed E-state index contributed by atoms with van der Waals surface area (Å²) in [6.45, 7) is 5.52. The Morgan fingerprint density at radius 2 is 2.14 bits per heavy atom. The van der Waals surface area contributed by atoms with Crippen molar-refractivity contribution in [1.82, 2.24) is 4.90 Å². The molecule has 82 valence electrons. The summed E-state index contributed by atoms with van der Waals surface area (Å²) in [5.41, 5.74) is 0. The van der Waals surface area contributed by atoms with Crippen LogP contribution in [0.2, 0.25) is 0 Å². The van der Waals surface area contributed by atoms with Gasteiger partial charge in [-0.15, -0.1) is 0 Å². The third-order valence-electron chi connectivity index (χ3n) is 3.10. The van der Waals surface area contributed by atoms with Crippen molar-refractivity contribution in [1.29, 1.82) is 0 Å². The summed E-state index contributed by atoms with van der Waals surface area (Å²) >= 11 is 3.40. The topological polar surface area (TPSA) is 40.5 Å². The van der Waals surface area contributed by atoms with Gasteiger partial charge in [0.1, 0.15) is 0 Å². The number of halogens is 1. The lowest BCUT2D eigenvalue weighted by molar-refractivity contribution is -0.141. The molecule has 1 fully saturated rings. The van der Waals surface area contributed by atoms with Crippen molar-refractivity contribution >= 4 is 21.8 Å². The molecule has 0 radical (unpaired) electrons. The zero-order chi connectivity index (χ0) is 10.9. The van der Waals surface area contributed by atoms with Gasteiger partial charge in [0.05, 0.1) is 12.1 Å². The van der Waals surface area contributed by atoms with E-state index in [2.05, 4.69) is 15.9 Å². The summed E-state index contributed by atoms with van der Waals surface area (Å²) in [7, 11) is 0. The molecule has 0 aromatic rings. The first-order valence-corrected chi connectivity index (χ1v) is 6.14. The number of hydrogen-bond acceptors (Lipinski definition) is 2.